The van der Waals surface area contributed by atoms with Gasteiger partial charge in [-0.25, -0.2) is 0 Å². The molecule has 0 saturated carbocycles. The van der Waals surface area contributed by atoms with Gasteiger partial charge >= 0.3 is 0 Å². The van der Waals surface area contributed by atoms with Crippen molar-refractivity contribution in [3.8, 4) is 0 Å². The van der Waals surface area contributed by atoms with Gasteiger partial charge in [-0.15, -0.1) is 0 Å². The van der Waals surface area contributed by atoms with E-state index in [0.717, 1.165) is 0 Å². The summed E-state index contributed by atoms with van der Waals surface area (Å²) in [6.45, 7) is 9.07. The zero-order valence-corrected chi connectivity index (χ0v) is 15.5. The molecule has 0 aliphatic carbocycles. The highest BCUT2D eigenvalue weighted by Crippen LogP contribution is 2.41. The van der Waals surface area contributed by atoms with Gasteiger partial charge in [-0.3, -0.25) is 0 Å². The second-order valence-electron chi connectivity index (χ2n) is 5.65. The molecular weight excluding hydrogens is 446 g/mol. The second kappa shape index (κ2) is 4.93. The fourth-order valence-corrected chi connectivity index (χ4v) is 3.28. The zero-order chi connectivity index (χ0) is 13.6. The monoisotopic (exact) mass is 464 g/mol. The van der Waals surface area contributed by atoms with E-state index in [2.05, 4.69) is 109 Å². The number of fused-ring (bicyclic) bond motifs is 1. The van der Waals surface area contributed by atoms with Crippen LogP contribution in [-0.2, 0) is 6.84 Å². The number of benzene rings is 2. The normalized spacial score (nSPS) is 13.0. The van der Waals surface area contributed by atoms with Crippen molar-refractivity contribution < 1.29 is 0 Å². The van der Waals surface area contributed by atoms with Crippen molar-refractivity contribution in [3.05, 3.63) is 47.5 Å². The van der Waals surface area contributed by atoms with Crippen LogP contribution in [0.2, 0.25) is 0 Å². The summed E-state index contributed by atoms with van der Waals surface area (Å²) in [6.07, 6.45) is 0. The molecule has 0 aromatic heterocycles. The third-order valence-electron chi connectivity index (χ3n) is 3.21. The lowest BCUT2D eigenvalue weighted by Crippen LogP contribution is -2.11. The van der Waals surface area contributed by atoms with Crippen LogP contribution >= 0.6 is 45.2 Å². The Bertz CT molecular complexity index is 519. The first kappa shape index (κ1) is 14.6. The van der Waals surface area contributed by atoms with Crippen LogP contribution in [0.15, 0.2) is 36.4 Å². The summed E-state index contributed by atoms with van der Waals surface area (Å²) in [5, 5.41) is 2.78. The van der Waals surface area contributed by atoms with Gasteiger partial charge in [-0.1, -0.05) is 81.6 Å². The van der Waals surface area contributed by atoms with Crippen molar-refractivity contribution >= 4 is 56.0 Å². The van der Waals surface area contributed by atoms with E-state index in [1.165, 1.54) is 21.9 Å². The maximum atomic E-state index is 2.52. The summed E-state index contributed by atoms with van der Waals surface area (Å²) in [4.78, 5) is 0. The van der Waals surface area contributed by atoms with Crippen LogP contribution in [0.4, 0.5) is 0 Å². The fraction of sp³-hybridized carbons (Fsp3) is 0.375. The number of alkyl halides is 2. The van der Waals surface area contributed by atoms with Crippen LogP contribution in [0.25, 0.3) is 10.8 Å². The lowest BCUT2D eigenvalue weighted by molar-refractivity contribution is 0.820. The Labute approximate surface area is 137 Å². The van der Waals surface area contributed by atoms with Crippen molar-refractivity contribution in [1.82, 2.24) is 0 Å². The third kappa shape index (κ3) is 2.84. The molecule has 0 N–H and O–H groups in total. The number of hydrogen-bond donors (Lipinski definition) is 0. The van der Waals surface area contributed by atoms with Crippen molar-refractivity contribution in [2.24, 2.45) is 0 Å². The SMILES string of the molecule is CC(C)(I)c1ccc(C(C)(C)I)c2ccccc12. The van der Waals surface area contributed by atoms with Crippen molar-refractivity contribution in [3.63, 3.8) is 0 Å². The van der Waals surface area contributed by atoms with Crippen molar-refractivity contribution in [1.29, 1.82) is 0 Å². The minimum atomic E-state index is 0.158. The highest BCUT2D eigenvalue weighted by Gasteiger charge is 2.23. The number of halogens is 2. The predicted molar refractivity (Wildman–Crippen MR) is 98.0 cm³/mol. The lowest BCUT2D eigenvalue weighted by Gasteiger charge is -2.25. The molecular formula is C16H18I2. The Morgan fingerprint density at radius 3 is 1.28 bits per heavy atom. The van der Waals surface area contributed by atoms with E-state index in [1.807, 2.05) is 0 Å². The minimum absolute atomic E-state index is 0.158. The van der Waals surface area contributed by atoms with E-state index in [4.69, 9.17) is 0 Å². The van der Waals surface area contributed by atoms with E-state index in [9.17, 15) is 0 Å². The Balaban J connectivity index is 2.83. The first-order valence-electron chi connectivity index (χ1n) is 6.12. The van der Waals surface area contributed by atoms with Gasteiger partial charge in [-0.05, 0) is 49.6 Å². The maximum absolute atomic E-state index is 2.52. The molecule has 0 amide bonds. The predicted octanol–water partition coefficient (Wildman–Crippen LogP) is 6.18. The molecule has 0 spiro atoms. The standard InChI is InChI=1S/C16H18I2/c1-15(2,17)13-9-10-14(16(3,4)18)12-8-6-5-7-11(12)13/h5-10H,1-4H3. The molecule has 0 fully saturated rings. The molecule has 0 unspecified atom stereocenters. The molecule has 0 heterocycles. The molecule has 2 aromatic rings. The molecule has 0 nitrogen and oxygen atoms in total. The molecule has 2 rings (SSSR count). The quantitative estimate of drug-likeness (QED) is 0.368. The summed E-state index contributed by atoms with van der Waals surface area (Å²) in [6, 6.07) is 13.4. The number of rotatable bonds is 2. The average molecular weight is 464 g/mol. The van der Waals surface area contributed by atoms with E-state index < -0.39 is 0 Å². The zero-order valence-electron chi connectivity index (χ0n) is 11.2. The molecule has 0 atom stereocenters. The number of hydrogen-bond acceptors (Lipinski definition) is 0. The van der Waals surface area contributed by atoms with Crippen LogP contribution in [0, 0.1) is 0 Å². The van der Waals surface area contributed by atoms with Crippen LogP contribution in [-0.4, -0.2) is 0 Å². The maximum Gasteiger partial charge on any atom is 0.0420 e. The first-order chi connectivity index (χ1) is 8.21. The van der Waals surface area contributed by atoms with Crippen LogP contribution in [0.5, 0.6) is 0 Å². The van der Waals surface area contributed by atoms with Gasteiger partial charge in [0.15, 0.2) is 0 Å². The molecule has 0 radical (unpaired) electrons. The molecule has 2 heteroatoms. The van der Waals surface area contributed by atoms with Crippen LogP contribution < -0.4 is 0 Å². The van der Waals surface area contributed by atoms with Crippen LogP contribution in [0.1, 0.15) is 38.8 Å². The topological polar surface area (TPSA) is 0 Å². The van der Waals surface area contributed by atoms with E-state index in [-0.39, 0.29) is 6.84 Å². The second-order valence-corrected chi connectivity index (χ2v) is 11.0. The smallest absolute Gasteiger partial charge is 0.0420 e. The Kier molecular flexibility index (Phi) is 3.99. The first-order valence-corrected chi connectivity index (χ1v) is 8.27. The molecule has 18 heavy (non-hydrogen) atoms. The lowest BCUT2D eigenvalue weighted by atomic mass is 9.89. The summed E-state index contributed by atoms with van der Waals surface area (Å²) in [5.74, 6) is 0. The highest BCUT2D eigenvalue weighted by molar-refractivity contribution is 14.1. The van der Waals surface area contributed by atoms with Gasteiger partial charge in [0, 0.05) is 6.84 Å². The summed E-state index contributed by atoms with van der Waals surface area (Å²) in [5.41, 5.74) is 2.84. The highest BCUT2D eigenvalue weighted by atomic mass is 127. The van der Waals surface area contributed by atoms with Gasteiger partial charge in [0.2, 0.25) is 0 Å². The molecule has 0 aliphatic rings. The van der Waals surface area contributed by atoms with E-state index in [1.54, 1.807) is 0 Å². The van der Waals surface area contributed by atoms with Gasteiger partial charge in [0.25, 0.3) is 0 Å². The Morgan fingerprint density at radius 1 is 0.667 bits per heavy atom. The summed E-state index contributed by atoms with van der Waals surface area (Å²) in [7, 11) is 0. The van der Waals surface area contributed by atoms with Gasteiger partial charge in [0.1, 0.15) is 0 Å². The molecule has 96 valence electrons. The Hall–Kier alpha value is 0.160. The summed E-state index contributed by atoms with van der Waals surface area (Å²) < 4.78 is 0.316. The molecule has 2 aromatic carbocycles. The van der Waals surface area contributed by atoms with E-state index >= 15 is 0 Å². The average Bonchev–Trinajstić information content (AvgIpc) is 2.24. The van der Waals surface area contributed by atoms with Gasteiger partial charge < -0.3 is 0 Å². The minimum Gasteiger partial charge on any atom is -0.0742 e. The molecule has 0 aliphatic heterocycles. The van der Waals surface area contributed by atoms with Gasteiger partial charge in [0.05, 0.1) is 0 Å². The van der Waals surface area contributed by atoms with E-state index in [0.29, 0.717) is 0 Å². The molecule has 0 saturated heterocycles. The fourth-order valence-electron chi connectivity index (χ4n) is 2.34. The largest absolute Gasteiger partial charge is 0.0742 e. The van der Waals surface area contributed by atoms with Gasteiger partial charge in [-0.2, -0.15) is 0 Å². The third-order valence-corrected chi connectivity index (χ3v) is 4.37. The molecule has 0 bridgehead atoms. The van der Waals surface area contributed by atoms with Crippen molar-refractivity contribution in [2.45, 2.75) is 34.5 Å². The van der Waals surface area contributed by atoms with Crippen LogP contribution in [0.3, 0.4) is 0 Å². The van der Waals surface area contributed by atoms with Crippen molar-refractivity contribution in [2.75, 3.05) is 0 Å². The Morgan fingerprint density at radius 2 is 1.00 bits per heavy atom. The summed E-state index contributed by atoms with van der Waals surface area (Å²) >= 11 is 5.04.